The molecule has 1 aromatic carbocycles. The van der Waals surface area contributed by atoms with Crippen molar-refractivity contribution in [2.75, 3.05) is 31.1 Å². The van der Waals surface area contributed by atoms with Crippen LogP contribution in [-0.4, -0.2) is 41.2 Å². The Labute approximate surface area is 170 Å². The third kappa shape index (κ3) is 3.97. The Hall–Kier alpha value is -3.07. The van der Waals surface area contributed by atoms with Crippen LogP contribution in [0.15, 0.2) is 45.7 Å². The molecule has 3 heterocycles. The summed E-state index contributed by atoms with van der Waals surface area (Å²) in [6.45, 7) is 4.78. The summed E-state index contributed by atoms with van der Waals surface area (Å²) in [5.74, 6) is 0.583. The zero-order chi connectivity index (χ0) is 21.5. The quantitative estimate of drug-likeness (QED) is 0.655. The highest BCUT2D eigenvalue weighted by molar-refractivity contribution is 5.84. The average Bonchev–Trinajstić information content (AvgIpc) is 2.71. The largest absolute Gasteiger partial charge is 0.508 e. The molecule has 158 valence electrons. The molecule has 6 nitrogen and oxygen atoms in total. The molecule has 1 aliphatic heterocycles. The van der Waals surface area contributed by atoms with Gasteiger partial charge in [0, 0.05) is 55.9 Å². The molecule has 0 aliphatic carbocycles. The highest BCUT2D eigenvalue weighted by atomic mass is 19.4. The summed E-state index contributed by atoms with van der Waals surface area (Å²) >= 11 is 0. The lowest BCUT2D eigenvalue weighted by atomic mass is 10.1. The minimum Gasteiger partial charge on any atom is -0.508 e. The van der Waals surface area contributed by atoms with E-state index in [1.54, 1.807) is 19.1 Å². The number of fused-ring (bicyclic) bond motifs is 1. The number of phenols is 1. The molecule has 0 amide bonds. The van der Waals surface area contributed by atoms with E-state index in [1.807, 2.05) is 4.90 Å². The van der Waals surface area contributed by atoms with Gasteiger partial charge in [-0.25, -0.2) is 9.78 Å². The lowest BCUT2D eigenvalue weighted by molar-refractivity contribution is -0.137. The fraction of sp³-hybridized carbons (Fsp3) is 0.333. The highest BCUT2D eigenvalue weighted by Gasteiger charge is 2.31. The van der Waals surface area contributed by atoms with Gasteiger partial charge in [0.15, 0.2) is 0 Å². The molecule has 0 unspecified atom stereocenters. The summed E-state index contributed by atoms with van der Waals surface area (Å²) in [5, 5.41) is 10.6. The van der Waals surface area contributed by atoms with E-state index in [2.05, 4.69) is 9.88 Å². The van der Waals surface area contributed by atoms with Crippen LogP contribution in [0.1, 0.15) is 16.7 Å². The fourth-order valence-electron chi connectivity index (χ4n) is 3.66. The Morgan fingerprint density at radius 2 is 1.87 bits per heavy atom. The Morgan fingerprint density at radius 1 is 1.13 bits per heavy atom. The molecule has 30 heavy (non-hydrogen) atoms. The number of anilines is 1. The molecule has 3 aromatic rings. The zero-order valence-electron chi connectivity index (χ0n) is 16.2. The summed E-state index contributed by atoms with van der Waals surface area (Å²) in [5.41, 5.74) is 0.472. The maximum Gasteiger partial charge on any atom is 0.417 e. The Balaban J connectivity index is 1.47. The van der Waals surface area contributed by atoms with Gasteiger partial charge in [0.05, 0.1) is 5.56 Å². The number of aromatic nitrogens is 1. The minimum atomic E-state index is -4.40. The third-order valence-electron chi connectivity index (χ3n) is 5.38. The Kier molecular flexibility index (Phi) is 5.15. The predicted molar refractivity (Wildman–Crippen MR) is 106 cm³/mol. The number of rotatable bonds is 3. The molecule has 1 fully saturated rings. The predicted octanol–water partition coefficient (Wildman–Crippen LogP) is 3.54. The van der Waals surface area contributed by atoms with Crippen LogP contribution in [0.5, 0.6) is 5.75 Å². The van der Waals surface area contributed by atoms with Gasteiger partial charge in [-0.05, 0) is 36.8 Å². The smallest absolute Gasteiger partial charge is 0.417 e. The normalized spacial score (nSPS) is 15.7. The van der Waals surface area contributed by atoms with Gasteiger partial charge in [-0.3, -0.25) is 4.90 Å². The Bertz CT molecular complexity index is 1120. The molecule has 1 N–H and O–H groups in total. The summed E-state index contributed by atoms with van der Waals surface area (Å²) < 4.78 is 43.4. The van der Waals surface area contributed by atoms with Gasteiger partial charge in [-0.1, -0.05) is 0 Å². The standard InChI is InChI=1S/C21H20F3N3O3/c1-13-17(28)4-3-16-14(10-19(29)30-20(13)16)12-26-6-8-27(9-7-26)18-5-2-15(11-25-18)21(22,23)24/h2-5,10-11,28H,6-9,12H2,1H3. The number of pyridine rings is 1. The van der Waals surface area contributed by atoms with Crippen LogP contribution in [0.2, 0.25) is 0 Å². The maximum absolute atomic E-state index is 12.7. The van der Waals surface area contributed by atoms with E-state index in [0.717, 1.165) is 23.2 Å². The van der Waals surface area contributed by atoms with Crippen LogP contribution < -0.4 is 10.5 Å². The SMILES string of the molecule is Cc1c(O)ccc2c(CN3CCN(c4ccc(C(F)(F)F)cn4)CC3)cc(=O)oc12. The number of piperazine rings is 1. The van der Waals surface area contributed by atoms with E-state index in [1.165, 1.54) is 12.1 Å². The highest BCUT2D eigenvalue weighted by Crippen LogP contribution is 2.30. The van der Waals surface area contributed by atoms with Crippen LogP contribution in [0.3, 0.4) is 0 Å². The maximum atomic E-state index is 12.7. The first kappa shape index (κ1) is 20.2. The lowest BCUT2D eigenvalue weighted by Gasteiger charge is -2.35. The van der Waals surface area contributed by atoms with Crippen molar-refractivity contribution in [3.05, 3.63) is 63.6 Å². The van der Waals surface area contributed by atoms with Crippen LogP contribution in [-0.2, 0) is 12.7 Å². The second kappa shape index (κ2) is 7.64. The van der Waals surface area contributed by atoms with Crippen molar-refractivity contribution in [3.63, 3.8) is 0 Å². The zero-order valence-corrected chi connectivity index (χ0v) is 16.2. The molecule has 1 aliphatic rings. The van der Waals surface area contributed by atoms with Gasteiger partial charge in [-0.15, -0.1) is 0 Å². The van der Waals surface area contributed by atoms with Crippen LogP contribution in [0.4, 0.5) is 19.0 Å². The summed E-state index contributed by atoms with van der Waals surface area (Å²) in [4.78, 5) is 20.0. The van der Waals surface area contributed by atoms with E-state index in [-0.39, 0.29) is 5.75 Å². The molecule has 0 spiro atoms. The minimum absolute atomic E-state index is 0.0699. The molecule has 1 saturated heterocycles. The number of aromatic hydroxyl groups is 1. The monoisotopic (exact) mass is 419 g/mol. The van der Waals surface area contributed by atoms with Gasteiger partial charge < -0.3 is 14.4 Å². The molecule has 9 heteroatoms. The van der Waals surface area contributed by atoms with Gasteiger partial charge in [0.2, 0.25) is 0 Å². The van der Waals surface area contributed by atoms with Gasteiger partial charge >= 0.3 is 11.8 Å². The van der Waals surface area contributed by atoms with Crippen molar-refractivity contribution in [1.29, 1.82) is 0 Å². The number of alkyl halides is 3. The molecular formula is C21H20F3N3O3. The van der Waals surface area contributed by atoms with Crippen molar-refractivity contribution in [2.45, 2.75) is 19.6 Å². The molecule has 0 bridgehead atoms. The van der Waals surface area contributed by atoms with Crippen molar-refractivity contribution in [2.24, 2.45) is 0 Å². The number of phenolic OH excluding ortho intramolecular Hbond substituents is 1. The van der Waals surface area contributed by atoms with Gasteiger partial charge in [0.25, 0.3) is 0 Å². The van der Waals surface area contributed by atoms with Gasteiger partial charge in [0.1, 0.15) is 17.2 Å². The molecule has 0 radical (unpaired) electrons. The topological polar surface area (TPSA) is 69.8 Å². The van der Waals surface area contributed by atoms with Gasteiger partial charge in [-0.2, -0.15) is 13.2 Å². The summed E-state index contributed by atoms with van der Waals surface area (Å²) in [6, 6.07) is 7.21. The first-order chi connectivity index (χ1) is 14.2. The molecule has 0 atom stereocenters. The van der Waals surface area contributed by atoms with Crippen LogP contribution >= 0.6 is 0 Å². The van der Waals surface area contributed by atoms with Crippen molar-refractivity contribution < 1.29 is 22.7 Å². The summed E-state index contributed by atoms with van der Waals surface area (Å²) in [6.07, 6.45) is -3.54. The number of benzene rings is 1. The first-order valence-corrected chi connectivity index (χ1v) is 9.48. The van der Waals surface area contributed by atoms with Crippen LogP contribution in [0, 0.1) is 6.92 Å². The number of hydrogen-bond donors (Lipinski definition) is 1. The van der Waals surface area contributed by atoms with Crippen LogP contribution in [0.25, 0.3) is 11.0 Å². The van der Waals surface area contributed by atoms with Crippen molar-refractivity contribution in [1.82, 2.24) is 9.88 Å². The Morgan fingerprint density at radius 3 is 2.50 bits per heavy atom. The molecule has 2 aromatic heterocycles. The number of hydrogen-bond acceptors (Lipinski definition) is 6. The van der Waals surface area contributed by atoms with Crippen molar-refractivity contribution >= 4 is 16.8 Å². The van der Waals surface area contributed by atoms with E-state index in [9.17, 15) is 23.1 Å². The average molecular weight is 419 g/mol. The van der Waals surface area contributed by atoms with Crippen molar-refractivity contribution in [3.8, 4) is 5.75 Å². The number of aryl methyl sites for hydroxylation is 1. The van der Waals surface area contributed by atoms with E-state index < -0.39 is 17.4 Å². The molecule has 0 saturated carbocycles. The number of nitrogens with zero attached hydrogens (tertiary/aromatic N) is 3. The fourth-order valence-corrected chi connectivity index (χ4v) is 3.66. The third-order valence-corrected chi connectivity index (χ3v) is 5.38. The molecule has 4 rings (SSSR count). The van der Waals surface area contributed by atoms with E-state index in [4.69, 9.17) is 4.42 Å². The second-order valence-corrected chi connectivity index (χ2v) is 7.34. The molecular weight excluding hydrogens is 399 g/mol. The summed E-state index contributed by atoms with van der Waals surface area (Å²) in [7, 11) is 0. The first-order valence-electron chi connectivity index (χ1n) is 9.48. The lowest BCUT2D eigenvalue weighted by Crippen LogP contribution is -2.46. The number of halogens is 3. The second-order valence-electron chi connectivity index (χ2n) is 7.34. The van der Waals surface area contributed by atoms with E-state index >= 15 is 0 Å². The van der Waals surface area contributed by atoms with E-state index in [0.29, 0.717) is 49.7 Å².